The van der Waals surface area contributed by atoms with Crippen molar-refractivity contribution >= 4 is 23.3 Å². The van der Waals surface area contributed by atoms with Crippen molar-refractivity contribution in [2.24, 2.45) is 0 Å². The Morgan fingerprint density at radius 2 is 2.12 bits per heavy atom. The molecule has 1 aliphatic rings. The van der Waals surface area contributed by atoms with Crippen molar-refractivity contribution in [3.63, 3.8) is 0 Å². The SMILES string of the molecule is Cc1nc(CC(=O)NCc2cc3n(n2)CCCN(C(=O)N(C)C)C3)cs1. The molecule has 0 aromatic carbocycles. The number of hydrogen-bond donors (Lipinski definition) is 1. The van der Waals surface area contributed by atoms with Crippen LogP contribution in [-0.2, 0) is 30.8 Å². The van der Waals surface area contributed by atoms with E-state index in [0.717, 1.165) is 41.6 Å². The van der Waals surface area contributed by atoms with Crippen molar-refractivity contribution in [1.82, 2.24) is 29.9 Å². The molecular weight excluding hydrogens is 352 g/mol. The fraction of sp³-hybridized carbons (Fsp3) is 0.529. The molecule has 8 nitrogen and oxygen atoms in total. The number of thiazole rings is 1. The maximum absolute atomic E-state index is 12.2. The summed E-state index contributed by atoms with van der Waals surface area (Å²) in [4.78, 5) is 32.0. The van der Waals surface area contributed by atoms with Crippen LogP contribution in [0.4, 0.5) is 4.79 Å². The summed E-state index contributed by atoms with van der Waals surface area (Å²) in [5.41, 5.74) is 2.60. The molecule has 0 unspecified atom stereocenters. The molecule has 0 saturated carbocycles. The number of carbonyl (C=O) groups is 2. The van der Waals surface area contributed by atoms with Crippen LogP contribution in [0.1, 0.15) is 28.5 Å². The van der Waals surface area contributed by atoms with Crippen LogP contribution in [0.25, 0.3) is 0 Å². The van der Waals surface area contributed by atoms with Gasteiger partial charge in [0.25, 0.3) is 0 Å². The lowest BCUT2D eigenvalue weighted by molar-refractivity contribution is -0.120. The summed E-state index contributed by atoms with van der Waals surface area (Å²) < 4.78 is 1.94. The molecule has 0 radical (unpaired) electrons. The van der Waals surface area contributed by atoms with E-state index in [-0.39, 0.29) is 18.4 Å². The van der Waals surface area contributed by atoms with Gasteiger partial charge in [0.05, 0.1) is 41.6 Å². The normalized spacial score (nSPS) is 13.9. The van der Waals surface area contributed by atoms with E-state index >= 15 is 0 Å². The van der Waals surface area contributed by atoms with Crippen LogP contribution in [0.15, 0.2) is 11.4 Å². The van der Waals surface area contributed by atoms with E-state index in [1.807, 2.05) is 28.0 Å². The first-order chi connectivity index (χ1) is 12.4. The number of amides is 3. The zero-order chi connectivity index (χ0) is 18.7. The molecule has 0 saturated heterocycles. The van der Waals surface area contributed by atoms with Crippen LogP contribution in [0.2, 0.25) is 0 Å². The third-order valence-corrected chi connectivity index (χ3v) is 5.02. The predicted octanol–water partition coefficient (Wildman–Crippen LogP) is 1.39. The zero-order valence-electron chi connectivity index (χ0n) is 15.4. The lowest BCUT2D eigenvalue weighted by Crippen LogP contribution is -2.38. The largest absolute Gasteiger partial charge is 0.350 e. The molecule has 0 fully saturated rings. The Bertz CT molecular complexity index is 797. The second-order valence-corrected chi connectivity index (χ2v) is 7.68. The van der Waals surface area contributed by atoms with E-state index in [9.17, 15) is 9.59 Å². The summed E-state index contributed by atoms with van der Waals surface area (Å²) in [7, 11) is 3.52. The summed E-state index contributed by atoms with van der Waals surface area (Å²) in [6.45, 7) is 4.34. The van der Waals surface area contributed by atoms with Crippen LogP contribution < -0.4 is 5.32 Å². The number of rotatable bonds is 4. The van der Waals surface area contributed by atoms with Gasteiger partial charge in [-0.15, -0.1) is 11.3 Å². The third kappa shape index (κ3) is 4.40. The highest BCUT2D eigenvalue weighted by atomic mass is 32.1. The second kappa shape index (κ2) is 7.86. The Balaban J connectivity index is 1.58. The minimum absolute atomic E-state index is 0.00746. The van der Waals surface area contributed by atoms with Gasteiger partial charge in [0, 0.05) is 32.6 Å². The molecular formula is C17H24N6O2S. The Morgan fingerprint density at radius 1 is 1.31 bits per heavy atom. The van der Waals surface area contributed by atoms with Crippen molar-refractivity contribution < 1.29 is 9.59 Å². The molecule has 2 aromatic rings. The number of nitrogens with zero attached hydrogens (tertiary/aromatic N) is 5. The van der Waals surface area contributed by atoms with Crippen LogP contribution in [0.5, 0.6) is 0 Å². The molecule has 3 heterocycles. The van der Waals surface area contributed by atoms with Gasteiger partial charge in [-0.3, -0.25) is 9.48 Å². The quantitative estimate of drug-likeness (QED) is 0.874. The topological polar surface area (TPSA) is 83.4 Å². The molecule has 0 spiro atoms. The van der Waals surface area contributed by atoms with Crippen LogP contribution in [0.3, 0.4) is 0 Å². The van der Waals surface area contributed by atoms with E-state index in [1.165, 1.54) is 0 Å². The number of aryl methyl sites for hydroxylation is 2. The van der Waals surface area contributed by atoms with Crippen LogP contribution in [-0.4, -0.2) is 57.1 Å². The number of hydrogen-bond acceptors (Lipinski definition) is 5. The summed E-state index contributed by atoms with van der Waals surface area (Å²) >= 11 is 1.54. The Morgan fingerprint density at radius 3 is 2.81 bits per heavy atom. The first kappa shape index (κ1) is 18.4. The molecule has 0 aliphatic carbocycles. The number of fused-ring (bicyclic) bond motifs is 1. The van der Waals surface area contributed by atoms with E-state index < -0.39 is 0 Å². The Labute approximate surface area is 156 Å². The molecule has 3 rings (SSSR count). The standard InChI is InChI=1S/C17H24N6O2S/c1-12-19-14(11-26-12)8-16(24)18-9-13-7-15-10-22(17(25)21(2)3)5-4-6-23(15)20-13/h7,11H,4-6,8-10H2,1-3H3,(H,18,24). The van der Waals surface area contributed by atoms with Gasteiger partial charge < -0.3 is 15.1 Å². The molecule has 26 heavy (non-hydrogen) atoms. The second-order valence-electron chi connectivity index (χ2n) is 6.61. The summed E-state index contributed by atoms with van der Waals surface area (Å²) in [6.07, 6.45) is 1.15. The van der Waals surface area contributed by atoms with Gasteiger partial charge in [0.1, 0.15) is 0 Å². The van der Waals surface area contributed by atoms with Crippen molar-refractivity contribution in [2.45, 2.75) is 39.4 Å². The van der Waals surface area contributed by atoms with Gasteiger partial charge in [-0.2, -0.15) is 5.10 Å². The van der Waals surface area contributed by atoms with Crippen LogP contribution >= 0.6 is 11.3 Å². The van der Waals surface area contributed by atoms with E-state index in [0.29, 0.717) is 13.1 Å². The fourth-order valence-corrected chi connectivity index (χ4v) is 3.57. The molecule has 0 atom stereocenters. The third-order valence-electron chi connectivity index (χ3n) is 4.19. The maximum Gasteiger partial charge on any atom is 0.319 e. The minimum Gasteiger partial charge on any atom is -0.350 e. The number of nitrogens with one attached hydrogen (secondary N) is 1. The summed E-state index contributed by atoms with van der Waals surface area (Å²) in [5.74, 6) is -0.0668. The molecule has 3 amide bonds. The van der Waals surface area contributed by atoms with Crippen molar-refractivity contribution in [3.05, 3.63) is 33.5 Å². The molecule has 9 heteroatoms. The van der Waals surface area contributed by atoms with Crippen molar-refractivity contribution in [1.29, 1.82) is 0 Å². The average molecular weight is 376 g/mol. The molecule has 1 aliphatic heterocycles. The first-order valence-electron chi connectivity index (χ1n) is 8.62. The first-order valence-corrected chi connectivity index (χ1v) is 9.50. The maximum atomic E-state index is 12.2. The number of urea groups is 1. The zero-order valence-corrected chi connectivity index (χ0v) is 16.2. The highest BCUT2D eigenvalue weighted by Crippen LogP contribution is 2.15. The molecule has 1 N–H and O–H groups in total. The van der Waals surface area contributed by atoms with E-state index in [1.54, 1.807) is 30.3 Å². The van der Waals surface area contributed by atoms with Crippen molar-refractivity contribution in [3.8, 4) is 0 Å². The monoisotopic (exact) mass is 376 g/mol. The van der Waals surface area contributed by atoms with Gasteiger partial charge in [0.2, 0.25) is 5.91 Å². The van der Waals surface area contributed by atoms with Crippen molar-refractivity contribution in [2.75, 3.05) is 20.6 Å². The highest BCUT2D eigenvalue weighted by Gasteiger charge is 2.21. The van der Waals surface area contributed by atoms with Gasteiger partial charge >= 0.3 is 6.03 Å². The Hall–Kier alpha value is -2.42. The lowest BCUT2D eigenvalue weighted by atomic mass is 10.3. The van der Waals surface area contributed by atoms with Gasteiger partial charge in [0.15, 0.2) is 0 Å². The Kier molecular flexibility index (Phi) is 5.55. The van der Waals surface area contributed by atoms with E-state index in [2.05, 4.69) is 15.4 Å². The average Bonchev–Trinajstić information content (AvgIpc) is 3.12. The van der Waals surface area contributed by atoms with Gasteiger partial charge in [-0.05, 0) is 19.4 Å². The van der Waals surface area contributed by atoms with Gasteiger partial charge in [-0.25, -0.2) is 9.78 Å². The van der Waals surface area contributed by atoms with Gasteiger partial charge in [-0.1, -0.05) is 0 Å². The number of aromatic nitrogens is 3. The lowest BCUT2D eigenvalue weighted by Gasteiger charge is -2.23. The number of carbonyl (C=O) groups excluding carboxylic acids is 2. The smallest absolute Gasteiger partial charge is 0.319 e. The van der Waals surface area contributed by atoms with Crippen LogP contribution in [0, 0.1) is 6.92 Å². The summed E-state index contributed by atoms with van der Waals surface area (Å²) in [6, 6.07) is 1.97. The predicted molar refractivity (Wildman–Crippen MR) is 98.7 cm³/mol. The fourth-order valence-electron chi connectivity index (χ4n) is 2.96. The molecule has 2 aromatic heterocycles. The highest BCUT2D eigenvalue weighted by molar-refractivity contribution is 7.09. The molecule has 140 valence electrons. The molecule has 0 bridgehead atoms. The minimum atomic E-state index is -0.0668. The van der Waals surface area contributed by atoms with E-state index in [4.69, 9.17) is 0 Å². The summed E-state index contributed by atoms with van der Waals surface area (Å²) in [5, 5.41) is 10.3.